The normalized spacial score (nSPS) is 14.6. The molecule has 0 aromatic heterocycles. The van der Waals surface area contributed by atoms with E-state index in [1.54, 1.807) is 18.2 Å². The smallest absolute Gasteiger partial charge is 0.387 e. The maximum Gasteiger partial charge on any atom is 0.387 e. The average molecular weight is 287 g/mol. The molecular weight excluding hydrogens is 264 g/mol. The molecule has 0 aliphatic heterocycles. The van der Waals surface area contributed by atoms with Crippen molar-refractivity contribution in [3.8, 4) is 5.75 Å². The fourth-order valence-corrected chi connectivity index (χ4v) is 1.93. The minimum absolute atomic E-state index is 0.121. The first-order valence-corrected chi connectivity index (χ1v) is 6.87. The molecule has 1 aromatic carbocycles. The molecule has 0 bridgehead atoms. The number of aliphatic hydroxyl groups is 1. The van der Waals surface area contributed by atoms with Crippen molar-refractivity contribution in [2.75, 3.05) is 6.54 Å². The van der Waals surface area contributed by atoms with Gasteiger partial charge in [0.1, 0.15) is 5.75 Å². The van der Waals surface area contributed by atoms with Crippen molar-refractivity contribution in [2.45, 2.75) is 45.9 Å². The molecule has 114 valence electrons. The average Bonchev–Trinajstić information content (AvgIpc) is 2.38. The molecule has 0 aliphatic carbocycles. The van der Waals surface area contributed by atoms with Gasteiger partial charge < -0.3 is 15.2 Å². The first-order valence-electron chi connectivity index (χ1n) is 6.87. The van der Waals surface area contributed by atoms with Crippen molar-refractivity contribution >= 4 is 0 Å². The molecule has 5 heteroatoms. The highest BCUT2D eigenvalue weighted by atomic mass is 19.3. The third kappa shape index (κ3) is 5.43. The first-order chi connectivity index (χ1) is 9.41. The fourth-order valence-electron chi connectivity index (χ4n) is 1.93. The molecule has 0 saturated carbocycles. The van der Waals surface area contributed by atoms with Gasteiger partial charge in [-0.3, -0.25) is 0 Å². The summed E-state index contributed by atoms with van der Waals surface area (Å²) in [6, 6.07) is 6.62. The Hall–Kier alpha value is -1.20. The van der Waals surface area contributed by atoms with Gasteiger partial charge in [-0.25, -0.2) is 0 Å². The lowest BCUT2D eigenvalue weighted by atomic mass is 10.0. The highest BCUT2D eigenvalue weighted by Crippen LogP contribution is 2.26. The van der Waals surface area contributed by atoms with Crippen LogP contribution >= 0.6 is 0 Å². The maximum atomic E-state index is 12.3. The Morgan fingerprint density at radius 3 is 2.45 bits per heavy atom. The summed E-state index contributed by atoms with van der Waals surface area (Å²) < 4.78 is 29.2. The summed E-state index contributed by atoms with van der Waals surface area (Å²) in [7, 11) is 0. The lowest BCUT2D eigenvalue weighted by molar-refractivity contribution is -0.0506. The van der Waals surface area contributed by atoms with Gasteiger partial charge >= 0.3 is 6.61 Å². The molecule has 0 radical (unpaired) electrons. The Morgan fingerprint density at radius 1 is 1.20 bits per heavy atom. The van der Waals surface area contributed by atoms with Crippen LogP contribution in [-0.4, -0.2) is 24.4 Å². The highest BCUT2D eigenvalue weighted by Gasteiger charge is 2.15. The van der Waals surface area contributed by atoms with Gasteiger partial charge in [-0.05, 0) is 31.9 Å². The Bertz CT molecular complexity index is 399. The van der Waals surface area contributed by atoms with E-state index in [9.17, 15) is 13.9 Å². The zero-order valence-corrected chi connectivity index (χ0v) is 12.1. The summed E-state index contributed by atoms with van der Waals surface area (Å²) in [6.07, 6.45) is 0.266. The molecule has 2 atom stereocenters. The van der Waals surface area contributed by atoms with Crippen molar-refractivity contribution in [3.05, 3.63) is 29.8 Å². The van der Waals surface area contributed by atoms with Gasteiger partial charge in [0.25, 0.3) is 0 Å². The summed E-state index contributed by atoms with van der Waals surface area (Å²) in [5.74, 6) is 0.397. The predicted molar refractivity (Wildman–Crippen MR) is 75.0 cm³/mol. The second kappa shape index (κ2) is 8.17. The van der Waals surface area contributed by atoms with Crippen LogP contribution in [0.1, 0.15) is 38.8 Å². The molecule has 2 unspecified atom stereocenters. The summed E-state index contributed by atoms with van der Waals surface area (Å²) in [5.41, 5.74) is 0.687. The van der Waals surface area contributed by atoms with E-state index < -0.39 is 6.61 Å². The molecule has 0 spiro atoms. The Labute approximate surface area is 119 Å². The van der Waals surface area contributed by atoms with Gasteiger partial charge in [-0.1, -0.05) is 32.0 Å². The number of nitrogens with one attached hydrogen (secondary N) is 1. The van der Waals surface area contributed by atoms with Crippen molar-refractivity contribution in [2.24, 2.45) is 5.92 Å². The van der Waals surface area contributed by atoms with Crippen LogP contribution in [0.5, 0.6) is 5.75 Å². The molecular formula is C15H23F2NO2. The third-order valence-electron chi connectivity index (χ3n) is 3.26. The lowest BCUT2D eigenvalue weighted by Gasteiger charge is -2.20. The van der Waals surface area contributed by atoms with Crippen LogP contribution in [0.4, 0.5) is 8.78 Å². The quantitative estimate of drug-likeness (QED) is 0.770. The second-order valence-corrected chi connectivity index (χ2v) is 5.19. The number of hydrogen-bond donors (Lipinski definition) is 2. The number of rotatable bonds is 8. The van der Waals surface area contributed by atoms with Crippen LogP contribution in [0.2, 0.25) is 0 Å². The number of halogens is 2. The molecule has 0 heterocycles. The van der Waals surface area contributed by atoms with Gasteiger partial charge in [-0.2, -0.15) is 8.78 Å². The van der Waals surface area contributed by atoms with Crippen molar-refractivity contribution < 1.29 is 18.6 Å². The number of benzene rings is 1. The van der Waals surface area contributed by atoms with Gasteiger partial charge in [0.15, 0.2) is 0 Å². The molecule has 0 amide bonds. The molecule has 20 heavy (non-hydrogen) atoms. The molecule has 0 fully saturated rings. The van der Waals surface area contributed by atoms with Crippen LogP contribution in [0.15, 0.2) is 24.3 Å². The second-order valence-electron chi connectivity index (χ2n) is 5.19. The van der Waals surface area contributed by atoms with Gasteiger partial charge in [0, 0.05) is 11.6 Å². The highest BCUT2D eigenvalue weighted by molar-refractivity contribution is 5.35. The van der Waals surface area contributed by atoms with Crippen LogP contribution in [0, 0.1) is 5.92 Å². The monoisotopic (exact) mass is 287 g/mol. The van der Waals surface area contributed by atoms with E-state index in [0.29, 0.717) is 18.5 Å². The largest absolute Gasteiger partial charge is 0.434 e. The Kier molecular flexibility index (Phi) is 6.88. The van der Waals surface area contributed by atoms with Crippen molar-refractivity contribution in [3.63, 3.8) is 0 Å². The summed E-state index contributed by atoms with van der Waals surface area (Å²) in [4.78, 5) is 0. The van der Waals surface area contributed by atoms with Crippen LogP contribution < -0.4 is 10.1 Å². The summed E-state index contributed by atoms with van der Waals surface area (Å²) in [5, 5.41) is 12.9. The lowest BCUT2D eigenvalue weighted by Crippen LogP contribution is -2.26. The summed E-state index contributed by atoms with van der Waals surface area (Å²) in [6.45, 7) is 3.59. The predicted octanol–water partition coefficient (Wildman–Crippen LogP) is 3.35. The number of hydrogen-bond acceptors (Lipinski definition) is 3. The number of alkyl halides is 2. The van der Waals surface area contributed by atoms with E-state index >= 15 is 0 Å². The topological polar surface area (TPSA) is 41.5 Å². The van der Waals surface area contributed by atoms with Gasteiger partial charge in [-0.15, -0.1) is 0 Å². The molecule has 1 aromatic rings. The van der Waals surface area contributed by atoms with Crippen molar-refractivity contribution in [1.82, 2.24) is 5.32 Å². The van der Waals surface area contributed by atoms with E-state index in [-0.39, 0.29) is 23.8 Å². The van der Waals surface area contributed by atoms with E-state index in [1.807, 2.05) is 20.8 Å². The van der Waals surface area contributed by atoms with E-state index in [1.165, 1.54) is 6.07 Å². The minimum atomic E-state index is -2.83. The molecule has 2 N–H and O–H groups in total. The number of ether oxygens (including phenoxy) is 1. The first kappa shape index (κ1) is 16.9. The molecule has 0 saturated heterocycles. The standard InChI is InChI=1S/C15H23F2NO2/c1-10(2)13(19)8-9-18-11(3)12-6-4-5-7-14(12)20-15(16)17/h4-7,10-11,13,15,18-19H,8-9H2,1-3H3. The van der Waals surface area contributed by atoms with E-state index in [4.69, 9.17) is 0 Å². The Balaban J connectivity index is 2.56. The van der Waals surface area contributed by atoms with Crippen LogP contribution in [-0.2, 0) is 0 Å². The molecule has 3 nitrogen and oxygen atoms in total. The maximum absolute atomic E-state index is 12.3. The SMILES string of the molecule is CC(NCCC(O)C(C)C)c1ccccc1OC(F)F. The number of aliphatic hydroxyl groups excluding tert-OH is 1. The van der Waals surface area contributed by atoms with E-state index in [2.05, 4.69) is 10.1 Å². The van der Waals surface area contributed by atoms with Gasteiger partial charge in [0.2, 0.25) is 0 Å². The Morgan fingerprint density at radius 2 is 1.85 bits per heavy atom. The molecule has 1 rings (SSSR count). The third-order valence-corrected chi connectivity index (χ3v) is 3.26. The zero-order chi connectivity index (χ0) is 15.1. The number of para-hydroxylation sites is 1. The van der Waals surface area contributed by atoms with Gasteiger partial charge in [0.05, 0.1) is 6.10 Å². The molecule has 0 aliphatic rings. The minimum Gasteiger partial charge on any atom is -0.434 e. The van der Waals surface area contributed by atoms with Crippen LogP contribution in [0.3, 0.4) is 0 Å². The van der Waals surface area contributed by atoms with Crippen molar-refractivity contribution in [1.29, 1.82) is 0 Å². The zero-order valence-electron chi connectivity index (χ0n) is 12.1. The summed E-state index contributed by atoms with van der Waals surface area (Å²) >= 11 is 0. The fraction of sp³-hybridized carbons (Fsp3) is 0.600. The van der Waals surface area contributed by atoms with E-state index in [0.717, 1.165) is 0 Å². The van der Waals surface area contributed by atoms with Crippen LogP contribution in [0.25, 0.3) is 0 Å².